The maximum absolute atomic E-state index is 12.0. The Morgan fingerprint density at radius 3 is 2.88 bits per heavy atom. The minimum absolute atomic E-state index is 0.00951. The van der Waals surface area contributed by atoms with E-state index < -0.39 is 0 Å². The lowest BCUT2D eigenvalue weighted by Gasteiger charge is -2.16. The number of para-hydroxylation sites is 1. The van der Waals surface area contributed by atoms with Gasteiger partial charge in [0.15, 0.2) is 0 Å². The van der Waals surface area contributed by atoms with Crippen molar-refractivity contribution in [3.63, 3.8) is 0 Å². The minimum Gasteiger partial charge on any atom is -0.488 e. The maximum atomic E-state index is 12.0. The SMILES string of the molecule is Cc1cc(C)n(C[C@H](C)CNC(=O)NC[C@@H]2Cc3ccccc3O2)n1. The molecule has 2 N–H and O–H groups in total. The van der Waals surface area contributed by atoms with E-state index in [1.807, 2.05) is 36.7 Å². The molecule has 0 unspecified atom stereocenters. The van der Waals surface area contributed by atoms with Crippen LogP contribution in [0.2, 0.25) is 0 Å². The Hall–Kier alpha value is -2.50. The van der Waals surface area contributed by atoms with Gasteiger partial charge in [0.25, 0.3) is 0 Å². The molecule has 0 aliphatic carbocycles. The van der Waals surface area contributed by atoms with E-state index in [0.29, 0.717) is 19.0 Å². The number of nitrogens with zero attached hydrogens (tertiary/aromatic N) is 2. The molecule has 1 aliphatic heterocycles. The number of benzene rings is 1. The fourth-order valence-corrected chi connectivity index (χ4v) is 3.12. The van der Waals surface area contributed by atoms with E-state index in [1.54, 1.807) is 0 Å². The van der Waals surface area contributed by atoms with Crippen molar-refractivity contribution in [3.8, 4) is 5.75 Å². The molecule has 2 aromatic rings. The number of urea groups is 1. The van der Waals surface area contributed by atoms with Crippen molar-refractivity contribution in [2.24, 2.45) is 5.92 Å². The molecule has 1 aromatic carbocycles. The number of hydrogen-bond acceptors (Lipinski definition) is 3. The zero-order valence-corrected chi connectivity index (χ0v) is 15.1. The molecule has 0 saturated heterocycles. The lowest BCUT2D eigenvalue weighted by atomic mass is 10.1. The number of ether oxygens (including phenoxy) is 1. The molecule has 1 aromatic heterocycles. The normalized spacial score (nSPS) is 16.8. The van der Waals surface area contributed by atoms with E-state index in [2.05, 4.69) is 34.8 Å². The highest BCUT2D eigenvalue weighted by Gasteiger charge is 2.22. The van der Waals surface area contributed by atoms with Gasteiger partial charge in [0.1, 0.15) is 11.9 Å². The molecular weight excluding hydrogens is 316 g/mol. The summed E-state index contributed by atoms with van der Waals surface area (Å²) in [6, 6.07) is 9.92. The smallest absolute Gasteiger partial charge is 0.314 e. The summed E-state index contributed by atoms with van der Waals surface area (Å²) < 4.78 is 7.81. The van der Waals surface area contributed by atoms with Gasteiger partial charge < -0.3 is 15.4 Å². The fraction of sp³-hybridized carbons (Fsp3) is 0.474. The summed E-state index contributed by atoms with van der Waals surface area (Å²) in [6.07, 6.45) is 0.848. The molecule has 25 heavy (non-hydrogen) atoms. The molecule has 0 bridgehead atoms. The Balaban J connectivity index is 1.36. The zero-order valence-electron chi connectivity index (χ0n) is 15.1. The van der Waals surface area contributed by atoms with Crippen LogP contribution in [0.25, 0.3) is 0 Å². The molecule has 2 heterocycles. The fourth-order valence-electron chi connectivity index (χ4n) is 3.12. The average Bonchev–Trinajstić information content (AvgIpc) is 3.13. The average molecular weight is 342 g/mol. The first-order chi connectivity index (χ1) is 12.0. The van der Waals surface area contributed by atoms with Gasteiger partial charge in [-0.05, 0) is 37.5 Å². The van der Waals surface area contributed by atoms with E-state index in [4.69, 9.17) is 4.74 Å². The van der Waals surface area contributed by atoms with Crippen LogP contribution >= 0.6 is 0 Å². The standard InChI is InChI=1S/C19H26N4O2/c1-13(12-23-15(3)8-14(2)22-23)10-20-19(24)21-11-17-9-16-6-4-5-7-18(16)25-17/h4-8,13,17H,9-12H2,1-3H3,(H2,20,21,24)/t13-,17+/m1/s1. The van der Waals surface area contributed by atoms with Gasteiger partial charge in [0.05, 0.1) is 12.2 Å². The zero-order chi connectivity index (χ0) is 17.8. The predicted molar refractivity (Wildman–Crippen MR) is 96.8 cm³/mol. The van der Waals surface area contributed by atoms with Gasteiger partial charge in [-0.2, -0.15) is 5.10 Å². The second kappa shape index (κ2) is 7.59. The minimum atomic E-state index is -0.153. The molecule has 2 amide bonds. The van der Waals surface area contributed by atoms with Gasteiger partial charge in [0.2, 0.25) is 0 Å². The van der Waals surface area contributed by atoms with Gasteiger partial charge in [0, 0.05) is 25.2 Å². The third kappa shape index (κ3) is 4.53. The number of carbonyl (C=O) groups excluding carboxylic acids is 1. The van der Waals surface area contributed by atoms with Gasteiger partial charge in [-0.1, -0.05) is 25.1 Å². The van der Waals surface area contributed by atoms with Crippen molar-refractivity contribution in [1.82, 2.24) is 20.4 Å². The molecular formula is C19H26N4O2. The molecule has 1 aliphatic rings. The first-order valence-electron chi connectivity index (χ1n) is 8.78. The van der Waals surface area contributed by atoms with Crippen molar-refractivity contribution in [2.75, 3.05) is 13.1 Å². The Kier molecular flexibility index (Phi) is 5.26. The predicted octanol–water partition coefficient (Wildman–Crippen LogP) is 2.44. The van der Waals surface area contributed by atoms with E-state index in [-0.39, 0.29) is 12.1 Å². The van der Waals surface area contributed by atoms with Crippen molar-refractivity contribution in [3.05, 3.63) is 47.3 Å². The van der Waals surface area contributed by atoms with Crippen LogP contribution in [0.5, 0.6) is 5.75 Å². The van der Waals surface area contributed by atoms with E-state index in [1.165, 1.54) is 5.56 Å². The summed E-state index contributed by atoms with van der Waals surface area (Å²) in [5.41, 5.74) is 3.37. The van der Waals surface area contributed by atoms with Crippen LogP contribution in [0.3, 0.4) is 0 Å². The summed E-state index contributed by atoms with van der Waals surface area (Å²) in [5.74, 6) is 1.23. The molecule has 134 valence electrons. The number of rotatable bonds is 6. The molecule has 0 fully saturated rings. The summed E-state index contributed by atoms with van der Waals surface area (Å²) >= 11 is 0. The van der Waals surface area contributed by atoms with Crippen LogP contribution in [0, 0.1) is 19.8 Å². The van der Waals surface area contributed by atoms with Crippen molar-refractivity contribution in [2.45, 2.75) is 39.8 Å². The topological polar surface area (TPSA) is 68.2 Å². The summed E-state index contributed by atoms with van der Waals surface area (Å²) in [6.45, 7) is 8.05. The molecule has 6 nitrogen and oxygen atoms in total. The van der Waals surface area contributed by atoms with Crippen molar-refractivity contribution < 1.29 is 9.53 Å². The monoisotopic (exact) mass is 342 g/mol. The third-order valence-corrected chi connectivity index (χ3v) is 4.40. The molecule has 6 heteroatoms. The molecule has 0 saturated carbocycles. The number of amides is 2. The summed E-state index contributed by atoms with van der Waals surface area (Å²) in [7, 11) is 0. The van der Waals surface area contributed by atoms with Crippen LogP contribution in [0.1, 0.15) is 23.9 Å². The number of nitrogens with one attached hydrogen (secondary N) is 2. The quantitative estimate of drug-likeness (QED) is 0.847. The lowest BCUT2D eigenvalue weighted by Crippen LogP contribution is -2.42. The maximum Gasteiger partial charge on any atom is 0.314 e. The Labute approximate surface area is 148 Å². The highest BCUT2D eigenvalue weighted by Crippen LogP contribution is 2.27. The van der Waals surface area contributed by atoms with E-state index >= 15 is 0 Å². The Bertz CT molecular complexity index is 716. The second-order valence-corrected chi connectivity index (χ2v) is 6.86. The summed E-state index contributed by atoms with van der Waals surface area (Å²) in [5, 5.41) is 10.3. The molecule has 2 atom stereocenters. The highest BCUT2D eigenvalue weighted by atomic mass is 16.5. The number of hydrogen-bond donors (Lipinski definition) is 2. The second-order valence-electron chi connectivity index (χ2n) is 6.86. The summed E-state index contributed by atoms with van der Waals surface area (Å²) in [4.78, 5) is 12.0. The van der Waals surface area contributed by atoms with Gasteiger partial charge in [-0.25, -0.2) is 4.79 Å². The first kappa shape index (κ1) is 17.3. The Morgan fingerprint density at radius 1 is 1.36 bits per heavy atom. The number of aryl methyl sites for hydroxylation is 2. The molecule has 0 spiro atoms. The first-order valence-corrected chi connectivity index (χ1v) is 8.78. The molecule has 0 radical (unpaired) electrons. The van der Waals surface area contributed by atoms with Crippen LogP contribution < -0.4 is 15.4 Å². The van der Waals surface area contributed by atoms with Crippen molar-refractivity contribution in [1.29, 1.82) is 0 Å². The van der Waals surface area contributed by atoms with Crippen LogP contribution in [0.15, 0.2) is 30.3 Å². The van der Waals surface area contributed by atoms with E-state index in [9.17, 15) is 4.79 Å². The van der Waals surface area contributed by atoms with Crippen LogP contribution in [0.4, 0.5) is 4.79 Å². The van der Waals surface area contributed by atoms with Gasteiger partial charge in [-0.3, -0.25) is 4.68 Å². The highest BCUT2D eigenvalue weighted by molar-refractivity contribution is 5.73. The van der Waals surface area contributed by atoms with Gasteiger partial charge in [-0.15, -0.1) is 0 Å². The third-order valence-electron chi connectivity index (χ3n) is 4.40. The lowest BCUT2D eigenvalue weighted by molar-refractivity contribution is 0.213. The van der Waals surface area contributed by atoms with Crippen LogP contribution in [-0.2, 0) is 13.0 Å². The van der Waals surface area contributed by atoms with Crippen LogP contribution in [-0.4, -0.2) is 35.0 Å². The number of aromatic nitrogens is 2. The van der Waals surface area contributed by atoms with E-state index in [0.717, 1.165) is 30.1 Å². The van der Waals surface area contributed by atoms with Crippen molar-refractivity contribution >= 4 is 6.03 Å². The number of fused-ring (bicyclic) bond motifs is 1. The largest absolute Gasteiger partial charge is 0.488 e. The molecule has 3 rings (SSSR count). The van der Waals surface area contributed by atoms with Gasteiger partial charge >= 0.3 is 6.03 Å². The number of carbonyl (C=O) groups is 1. The Morgan fingerprint density at radius 2 is 2.16 bits per heavy atom.